The highest BCUT2D eigenvalue weighted by Gasteiger charge is 2.11. The molecule has 3 heteroatoms. The molecule has 18 heavy (non-hydrogen) atoms. The highest BCUT2D eigenvalue weighted by atomic mass is 19.1. The van der Waals surface area contributed by atoms with E-state index >= 15 is 0 Å². The van der Waals surface area contributed by atoms with E-state index in [0.717, 1.165) is 37.4 Å². The molecule has 0 bridgehead atoms. The van der Waals surface area contributed by atoms with E-state index in [2.05, 4.69) is 23.2 Å². The first-order valence-electron chi connectivity index (χ1n) is 7.04. The molecule has 0 aromatic heterocycles. The second kappa shape index (κ2) is 6.74. The number of hydrogen-bond donors (Lipinski definition) is 1. The van der Waals surface area contributed by atoms with Crippen LogP contribution in [-0.2, 0) is 6.54 Å². The Kier molecular flexibility index (Phi) is 5.00. The van der Waals surface area contributed by atoms with Crippen molar-refractivity contribution in [2.45, 2.75) is 39.2 Å². The summed E-state index contributed by atoms with van der Waals surface area (Å²) in [6.07, 6.45) is 5.05. The van der Waals surface area contributed by atoms with Crippen LogP contribution in [0.25, 0.3) is 0 Å². The van der Waals surface area contributed by atoms with Crippen LogP contribution in [0.1, 0.15) is 38.2 Å². The van der Waals surface area contributed by atoms with Crippen molar-refractivity contribution in [3.63, 3.8) is 0 Å². The summed E-state index contributed by atoms with van der Waals surface area (Å²) >= 11 is 0. The van der Waals surface area contributed by atoms with Crippen molar-refractivity contribution in [1.29, 1.82) is 0 Å². The van der Waals surface area contributed by atoms with Gasteiger partial charge in [0.25, 0.3) is 0 Å². The molecular weight excluding hydrogens is 227 g/mol. The lowest BCUT2D eigenvalue weighted by Crippen LogP contribution is -2.24. The van der Waals surface area contributed by atoms with E-state index in [1.165, 1.54) is 25.7 Å². The molecule has 1 aromatic rings. The molecule has 1 aliphatic heterocycles. The van der Waals surface area contributed by atoms with Crippen LogP contribution in [0, 0.1) is 5.82 Å². The van der Waals surface area contributed by atoms with Crippen molar-refractivity contribution >= 4 is 5.69 Å². The summed E-state index contributed by atoms with van der Waals surface area (Å²) in [5, 5.41) is 3.25. The molecule has 0 saturated carbocycles. The highest BCUT2D eigenvalue weighted by Crippen LogP contribution is 2.22. The molecule has 0 aliphatic carbocycles. The van der Waals surface area contributed by atoms with E-state index in [4.69, 9.17) is 0 Å². The fraction of sp³-hybridized carbons (Fsp3) is 0.600. The quantitative estimate of drug-likeness (QED) is 0.882. The first-order valence-corrected chi connectivity index (χ1v) is 7.04. The van der Waals surface area contributed by atoms with E-state index in [-0.39, 0.29) is 5.82 Å². The standard InChI is InChI=1S/C15H23FN2/c1-2-17-12-13-9-14(16)11-15(10-13)18-7-5-3-4-6-8-18/h9-11,17H,2-8,12H2,1H3. The Morgan fingerprint density at radius 1 is 1.11 bits per heavy atom. The molecule has 2 rings (SSSR count). The van der Waals surface area contributed by atoms with Crippen LogP contribution in [0.5, 0.6) is 0 Å². The lowest BCUT2D eigenvalue weighted by atomic mass is 10.1. The minimum Gasteiger partial charge on any atom is -0.371 e. The van der Waals surface area contributed by atoms with Crippen molar-refractivity contribution in [2.75, 3.05) is 24.5 Å². The first-order chi connectivity index (χ1) is 8.79. The van der Waals surface area contributed by atoms with Gasteiger partial charge in [0.15, 0.2) is 0 Å². The molecule has 1 aliphatic rings. The summed E-state index contributed by atoms with van der Waals surface area (Å²) in [6.45, 7) is 5.84. The maximum atomic E-state index is 13.7. The Balaban J connectivity index is 2.12. The van der Waals surface area contributed by atoms with Crippen molar-refractivity contribution < 1.29 is 4.39 Å². The number of rotatable bonds is 4. The molecule has 1 heterocycles. The Hall–Kier alpha value is -1.09. The number of nitrogens with zero attached hydrogens (tertiary/aromatic N) is 1. The molecule has 0 spiro atoms. The Morgan fingerprint density at radius 3 is 2.50 bits per heavy atom. The first kappa shape index (κ1) is 13.3. The lowest BCUT2D eigenvalue weighted by molar-refractivity contribution is 0.620. The van der Waals surface area contributed by atoms with Gasteiger partial charge in [-0.3, -0.25) is 0 Å². The van der Waals surface area contributed by atoms with Gasteiger partial charge in [0.05, 0.1) is 0 Å². The molecule has 0 unspecified atom stereocenters. The van der Waals surface area contributed by atoms with Gasteiger partial charge in [-0.05, 0) is 43.1 Å². The van der Waals surface area contributed by atoms with Crippen LogP contribution in [0.15, 0.2) is 18.2 Å². The fourth-order valence-corrected chi connectivity index (χ4v) is 2.52. The lowest BCUT2D eigenvalue weighted by Gasteiger charge is -2.23. The summed E-state index contributed by atoms with van der Waals surface area (Å²) in [7, 11) is 0. The summed E-state index contributed by atoms with van der Waals surface area (Å²) < 4.78 is 13.7. The monoisotopic (exact) mass is 250 g/mol. The molecule has 1 N–H and O–H groups in total. The topological polar surface area (TPSA) is 15.3 Å². The number of halogens is 1. The smallest absolute Gasteiger partial charge is 0.125 e. The summed E-state index contributed by atoms with van der Waals surface area (Å²) in [5.41, 5.74) is 2.08. The van der Waals surface area contributed by atoms with Crippen molar-refractivity contribution in [3.8, 4) is 0 Å². The van der Waals surface area contributed by atoms with Crippen LogP contribution in [-0.4, -0.2) is 19.6 Å². The summed E-state index contributed by atoms with van der Waals surface area (Å²) in [5.74, 6) is -0.121. The second-order valence-electron chi connectivity index (χ2n) is 5.00. The third kappa shape index (κ3) is 3.70. The SMILES string of the molecule is CCNCc1cc(F)cc(N2CCCCCC2)c1. The Morgan fingerprint density at radius 2 is 1.83 bits per heavy atom. The van der Waals surface area contributed by atoms with E-state index in [1.54, 1.807) is 12.1 Å². The van der Waals surface area contributed by atoms with Gasteiger partial charge < -0.3 is 10.2 Å². The van der Waals surface area contributed by atoms with E-state index in [1.807, 2.05) is 0 Å². The molecule has 0 amide bonds. The molecule has 2 nitrogen and oxygen atoms in total. The third-order valence-corrected chi connectivity index (χ3v) is 3.49. The Bertz CT molecular complexity index is 371. The maximum Gasteiger partial charge on any atom is 0.125 e. The zero-order valence-corrected chi connectivity index (χ0v) is 11.2. The Labute approximate surface area is 109 Å². The molecule has 100 valence electrons. The molecule has 1 aromatic carbocycles. The largest absolute Gasteiger partial charge is 0.371 e. The average molecular weight is 250 g/mol. The molecule has 1 fully saturated rings. The van der Waals surface area contributed by atoms with Crippen LogP contribution in [0.2, 0.25) is 0 Å². The maximum absolute atomic E-state index is 13.7. The normalized spacial score (nSPS) is 16.7. The number of benzene rings is 1. The minimum atomic E-state index is -0.121. The predicted molar refractivity (Wildman–Crippen MR) is 74.5 cm³/mol. The zero-order valence-electron chi connectivity index (χ0n) is 11.2. The average Bonchev–Trinajstić information content (AvgIpc) is 2.64. The van der Waals surface area contributed by atoms with E-state index in [0.29, 0.717) is 0 Å². The molecule has 0 atom stereocenters. The van der Waals surface area contributed by atoms with Gasteiger partial charge in [-0.1, -0.05) is 19.8 Å². The minimum absolute atomic E-state index is 0.121. The third-order valence-electron chi connectivity index (χ3n) is 3.49. The van der Waals surface area contributed by atoms with Crippen LogP contribution in [0.4, 0.5) is 10.1 Å². The van der Waals surface area contributed by atoms with Gasteiger partial charge in [0.2, 0.25) is 0 Å². The van der Waals surface area contributed by atoms with Gasteiger partial charge in [-0.2, -0.15) is 0 Å². The van der Waals surface area contributed by atoms with E-state index < -0.39 is 0 Å². The van der Waals surface area contributed by atoms with Gasteiger partial charge >= 0.3 is 0 Å². The van der Waals surface area contributed by atoms with Crippen molar-refractivity contribution in [1.82, 2.24) is 5.32 Å². The van der Waals surface area contributed by atoms with Gasteiger partial charge in [0, 0.05) is 25.3 Å². The van der Waals surface area contributed by atoms with Crippen molar-refractivity contribution in [2.24, 2.45) is 0 Å². The summed E-state index contributed by atoms with van der Waals surface area (Å²) in [6, 6.07) is 5.42. The number of anilines is 1. The van der Waals surface area contributed by atoms with Gasteiger partial charge in [-0.15, -0.1) is 0 Å². The number of hydrogen-bond acceptors (Lipinski definition) is 2. The van der Waals surface area contributed by atoms with Gasteiger partial charge in [-0.25, -0.2) is 4.39 Å². The predicted octanol–water partition coefficient (Wildman–Crippen LogP) is 3.32. The van der Waals surface area contributed by atoms with Crippen LogP contribution >= 0.6 is 0 Å². The second-order valence-corrected chi connectivity index (χ2v) is 5.00. The molecule has 1 saturated heterocycles. The van der Waals surface area contributed by atoms with Crippen LogP contribution < -0.4 is 10.2 Å². The van der Waals surface area contributed by atoms with Crippen LogP contribution in [0.3, 0.4) is 0 Å². The van der Waals surface area contributed by atoms with Crippen molar-refractivity contribution in [3.05, 3.63) is 29.6 Å². The zero-order chi connectivity index (χ0) is 12.8. The fourth-order valence-electron chi connectivity index (χ4n) is 2.52. The molecule has 0 radical (unpaired) electrons. The van der Waals surface area contributed by atoms with E-state index in [9.17, 15) is 4.39 Å². The number of nitrogens with one attached hydrogen (secondary N) is 1. The highest BCUT2D eigenvalue weighted by molar-refractivity contribution is 5.49. The summed E-state index contributed by atoms with van der Waals surface area (Å²) in [4.78, 5) is 2.32. The molecular formula is C15H23FN2. The van der Waals surface area contributed by atoms with Gasteiger partial charge in [0.1, 0.15) is 5.82 Å².